The number of hydrogen-bond donors (Lipinski definition) is 2. The number of hydrogen-bond acceptors (Lipinski definition) is 2. The van der Waals surface area contributed by atoms with Crippen LogP contribution in [-0.4, -0.2) is 10.6 Å². The lowest BCUT2D eigenvalue weighted by molar-refractivity contribution is 0.390. The highest BCUT2D eigenvalue weighted by molar-refractivity contribution is 6.32. The van der Waals surface area contributed by atoms with Crippen molar-refractivity contribution in [1.82, 2.24) is 0 Å². The van der Waals surface area contributed by atoms with Gasteiger partial charge in [0.2, 0.25) is 0 Å². The van der Waals surface area contributed by atoms with Crippen molar-refractivity contribution < 1.29 is 5.11 Å². The van der Waals surface area contributed by atoms with Crippen molar-refractivity contribution in [3.63, 3.8) is 0 Å². The number of phenolic OH excluding ortho intramolecular Hbond substituents is 1. The first-order valence-corrected chi connectivity index (χ1v) is 5.52. The van der Waals surface area contributed by atoms with Crippen LogP contribution in [0.4, 0.5) is 0 Å². The molecule has 0 aliphatic heterocycles. The van der Waals surface area contributed by atoms with E-state index in [-0.39, 0.29) is 16.7 Å². The van der Waals surface area contributed by atoms with Crippen molar-refractivity contribution in [3.05, 3.63) is 28.8 Å². The third-order valence-corrected chi connectivity index (χ3v) is 4.01. The fourth-order valence-electron chi connectivity index (χ4n) is 1.94. The van der Waals surface area contributed by atoms with Crippen LogP contribution in [0.2, 0.25) is 5.02 Å². The number of rotatable bonds is 2. The van der Waals surface area contributed by atoms with Gasteiger partial charge in [-0.2, -0.15) is 0 Å². The lowest BCUT2D eigenvalue weighted by Gasteiger charge is -2.32. The molecule has 15 heavy (non-hydrogen) atoms. The van der Waals surface area contributed by atoms with Crippen LogP contribution < -0.4 is 5.73 Å². The molecule has 82 valence electrons. The summed E-state index contributed by atoms with van der Waals surface area (Å²) in [5, 5.41) is 9.76. The number of phenols is 1. The van der Waals surface area contributed by atoms with Crippen molar-refractivity contribution in [2.45, 2.75) is 37.6 Å². The van der Waals surface area contributed by atoms with E-state index in [1.807, 2.05) is 12.1 Å². The van der Waals surface area contributed by atoms with Gasteiger partial charge in [-0.15, -0.1) is 0 Å². The molecule has 0 spiro atoms. The molecule has 0 bridgehead atoms. The fraction of sp³-hybridized carbons (Fsp3) is 0.500. The molecule has 0 atom stereocenters. The zero-order valence-corrected chi connectivity index (χ0v) is 9.80. The summed E-state index contributed by atoms with van der Waals surface area (Å²) >= 11 is 5.90. The Kier molecular flexibility index (Phi) is 2.25. The van der Waals surface area contributed by atoms with Gasteiger partial charge in [0.25, 0.3) is 0 Å². The normalized spacial score (nSPS) is 18.9. The molecule has 1 saturated carbocycles. The molecule has 2 nitrogen and oxygen atoms in total. The smallest absolute Gasteiger partial charge is 0.134 e. The Morgan fingerprint density at radius 2 is 2.00 bits per heavy atom. The van der Waals surface area contributed by atoms with E-state index in [4.69, 9.17) is 17.3 Å². The highest BCUT2D eigenvalue weighted by Gasteiger charge is 2.51. The molecule has 1 fully saturated rings. The molecule has 1 aliphatic carbocycles. The first-order chi connectivity index (χ1) is 6.87. The van der Waals surface area contributed by atoms with Gasteiger partial charge in [0.15, 0.2) is 0 Å². The van der Waals surface area contributed by atoms with Crippen LogP contribution in [0.1, 0.15) is 32.3 Å². The quantitative estimate of drug-likeness (QED) is 0.813. The second-order valence-electron chi connectivity index (χ2n) is 4.95. The molecule has 1 aromatic carbocycles. The van der Waals surface area contributed by atoms with E-state index >= 15 is 0 Å². The summed E-state index contributed by atoms with van der Waals surface area (Å²) in [6.07, 6.45) is 2.11. The van der Waals surface area contributed by atoms with Crippen LogP contribution in [0.5, 0.6) is 5.75 Å². The summed E-state index contributed by atoms with van der Waals surface area (Å²) in [7, 11) is 0. The molecule has 0 aromatic heterocycles. The molecule has 1 aromatic rings. The number of nitrogens with two attached hydrogens (primary N) is 1. The van der Waals surface area contributed by atoms with Gasteiger partial charge in [-0.25, -0.2) is 0 Å². The molecule has 0 amide bonds. The van der Waals surface area contributed by atoms with Gasteiger partial charge in [0.05, 0.1) is 5.02 Å². The van der Waals surface area contributed by atoms with E-state index in [9.17, 15) is 5.11 Å². The van der Waals surface area contributed by atoms with Crippen molar-refractivity contribution in [1.29, 1.82) is 0 Å². The minimum atomic E-state index is -0.104. The Bertz CT molecular complexity index is 397. The molecular weight excluding hydrogens is 210 g/mol. The average Bonchev–Trinajstić information content (AvgIpc) is 2.90. The van der Waals surface area contributed by atoms with Gasteiger partial charge in [0, 0.05) is 11.0 Å². The maximum absolute atomic E-state index is 9.36. The number of aromatic hydroxyl groups is 1. The topological polar surface area (TPSA) is 46.2 Å². The maximum atomic E-state index is 9.36. The van der Waals surface area contributed by atoms with Gasteiger partial charge >= 0.3 is 0 Å². The van der Waals surface area contributed by atoms with Crippen molar-refractivity contribution in [2.75, 3.05) is 0 Å². The van der Waals surface area contributed by atoms with Crippen LogP contribution in [-0.2, 0) is 5.41 Å². The lowest BCUT2D eigenvalue weighted by Crippen LogP contribution is -2.43. The first kappa shape index (κ1) is 10.8. The Labute approximate surface area is 95.1 Å². The zero-order valence-electron chi connectivity index (χ0n) is 9.05. The lowest BCUT2D eigenvalue weighted by atomic mass is 9.76. The Balaban J connectivity index is 2.41. The maximum Gasteiger partial charge on any atom is 0.134 e. The summed E-state index contributed by atoms with van der Waals surface area (Å²) in [6, 6.07) is 5.34. The fourth-order valence-corrected chi connectivity index (χ4v) is 2.12. The van der Waals surface area contributed by atoms with Gasteiger partial charge in [-0.05, 0) is 30.5 Å². The summed E-state index contributed by atoms with van der Waals surface area (Å²) in [4.78, 5) is 0. The van der Waals surface area contributed by atoms with E-state index < -0.39 is 0 Å². The van der Waals surface area contributed by atoms with E-state index in [0.717, 1.165) is 18.4 Å². The third kappa shape index (κ3) is 1.62. The first-order valence-electron chi connectivity index (χ1n) is 5.15. The number of halogens is 1. The Hall–Kier alpha value is -0.730. The molecule has 3 N–H and O–H groups in total. The highest BCUT2D eigenvalue weighted by atomic mass is 35.5. The zero-order chi connectivity index (χ0) is 11.3. The molecule has 2 rings (SSSR count). The third-order valence-electron chi connectivity index (χ3n) is 3.70. The summed E-state index contributed by atoms with van der Waals surface area (Å²) in [5.41, 5.74) is 7.13. The van der Waals surface area contributed by atoms with E-state index in [1.165, 1.54) is 0 Å². The van der Waals surface area contributed by atoms with Gasteiger partial charge < -0.3 is 10.8 Å². The van der Waals surface area contributed by atoms with Crippen molar-refractivity contribution >= 4 is 11.6 Å². The average molecular weight is 226 g/mol. The Morgan fingerprint density at radius 3 is 2.47 bits per heavy atom. The molecule has 0 heterocycles. The molecule has 3 heteroatoms. The minimum absolute atomic E-state index is 0.0929. The molecule has 0 unspecified atom stereocenters. The van der Waals surface area contributed by atoms with Crippen LogP contribution in [0.15, 0.2) is 18.2 Å². The predicted octanol–water partition coefficient (Wildman–Crippen LogP) is 2.81. The summed E-state index contributed by atoms with van der Waals surface area (Å²) < 4.78 is 0. The number of benzene rings is 1. The van der Waals surface area contributed by atoms with Crippen LogP contribution >= 0.6 is 11.6 Å². The second kappa shape index (κ2) is 3.13. The summed E-state index contributed by atoms with van der Waals surface area (Å²) in [6.45, 7) is 4.26. The summed E-state index contributed by atoms with van der Waals surface area (Å²) in [5.74, 6) is 0.123. The highest BCUT2D eigenvalue weighted by Crippen LogP contribution is 2.49. The van der Waals surface area contributed by atoms with Crippen LogP contribution in [0, 0.1) is 0 Å². The monoisotopic (exact) mass is 225 g/mol. The molecule has 0 saturated heterocycles. The van der Waals surface area contributed by atoms with E-state index in [2.05, 4.69) is 13.8 Å². The van der Waals surface area contributed by atoms with Gasteiger partial charge in [-0.1, -0.05) is 31.5 Å². The predicted molar refractivity (Wildman–Crippen MR) is 62.3 cm³/mol. The standard InChI is InChI=1S/C12H16ClNO/c1-11(2,12(14)5-6-12)8-3-4-10(15)9(13)7-8/h3-4,7,15H,5-6,14H2,1-2H3. The van der Waals surface area contributed by atoms with E-state index in [1.54, 1.807) is 6.07 Å². The van der Waals surface area contributed by atoms with E-state index in [0.29, 0.717) is 5.02 Å². The SMILES string of the molecule is CC(C)(c1ccc(O)c(Cl)c1)C1(N)CC1. The van der Waals surface area contributed by atoms with Gasteiger partial charge in [0.1, 0.15) is 5.75 Å². The van der Waals surface area contributed by atoms with Crippen LogP contribution in [0.3, 0.4) is 0 Å². The Morgan fingerprint density at radius 1 is 1.40 bits per heavy atom. The molecule has 0 radical (unpaired) electrons. The largest absolute Gasteiger partial charge is 0.506 e. The van der Waals surface area contributed by atoms with Crippen LogP contribution in [0.25, 0.3) is 0 Å². The van der Waals surface area contributed by atoms with Crippen molar-refractivity contribution in [2.24, 2.45) is 5.73 Å². The molecular formula is C12H16ClNO. The minimum Gasteiger partial charge on any atom is -0.506 e. The van der Waals surface area contributed by atoms with Gasteiger partial charge in [-0.3, -0.25) is 0 Å². The second-order valence-corrected chi connectivity index (χ2v) is 5.35. The molecule has 1 aliphatic rings. The van der Waals surface area contributed by atoms with Crippen molar-refractivity contribution in [3.8, 4) is 5.75 Å².